The van der Waals surface area contributed by atoms with E-state index in [-0.39, 0.29) is 0 Å². The molecule has 0 nitrogen and oxygen atoms in total. The van der Waals surface area contributed by atoms with Crippen LogP contribution >= 0.6 is 0 Å². The van der Waals surface area contributed by atoms with Gasteiger partial charge in [-0.3, -0.25) is 0 Å². The fraction of sp³-hybridized carbons (Fsp3) is 1.00. The van der Waals surface area contributed by atoms with Crippen molar-refractivity contribution in [3.05, 3.63) is 0 Å². The molecule has 3 atom stereocenters. The summed E-state index contributed by atoms with van der Waals surface area (Å²) in [6.45, 7) is 14.2. The van der Waals surface area contributed by atoms with Gasteiger partial charge in [0, 0.05) is 0 Å². The minimum atomic E-state index is 0.870. The summed E-state index contributed by atoms with van der Waals surface area (Å²) in [4.78, 5) is 0. The molecule has 0 aliphatic rings. The fourth-order valence-corrected chi connectivity index (χ4v) is 1.92. The van der Waals surface area contributed by atoms with E-state index in [1.54, 1.807) is 0 Å². The highest BCUT2D eigenvalue weighted by Gasteiger charge is 2.13. The lowest BCUT2D eigenvalue weighted by atomic mass is 9.84. The lowest BCUT2D eigenvalue weighted by Crippen LogP contribution is -2.10. The van der Waals surface area contributed by atoms with Crippen molar-refractivity contribution in [2.45, 2.75) is 73.6 Å². The first-order chi connectivity index (χ1) is 6.97. The van der Waals surface area contributed by atoms with Crippen molar-refractivity contribution in [3.63, 3.8) is 0 Å². The van der Waals surface area contributed by atoms with Crippen molar-refractivity contribution >= 4 is 0 Å². The molecule has 0 aliphatic carbocycles. The first-order valence-corrected chi connectivity index (χ1v) is 6.97. The second-order valence-electron chi connectivity index (χ2n) is 6.02. The van der Waals surface area contributed by atoms with Crippen LogP contribution < -0.4 is 0 Å². The molecule has 0 rings (SSSR count). The largest absolute Gasteiger partial charge is 0.0651 e. The molecule has 3 unspecified atom stereocenters. The molecule has 0 heteroatoms. The number of rotatable bonds is 8. The van der Waals surface area contributed by atoms with Crippen LogP contribution in [0, 0.1) is 23.7 Å². The van der Waals surface area contributed by atoms with Gasteiger partial charge in [-0.2, -0.15) is 0 Å². The third kappa shape index (κ3) is 7.88. The molecule has 0 saturated heterocycles. The van der Waals surface area contributed by atoms with Crippen molar-refractivity contribution in [3.8, 4) is 0 Å². The Labute approximate surface area is 97.8 Å². The fourth-order valence-electron chi connectivity index (χ4n) is 1.92. The summed E-state index contributed by atoms with van der Waals surface area (Å²) >= 11 is 0. The van der Waals surface area contributed by atoms with E-state index in [2.05, 4.69) is 41.5 Å². The van der Waals surface area contributed by atoms with E-state index in [1.807, 2.05) is 0 Å². The minimum absolute atomic E-state index is 0.870. The smallest absolute Gasteiger partial charge is 0.0417 e. The van der Waals surface area contributed by atoms with Gasteiger partial charge in [-0.05, 0) is 23.7 Å². The predicted molar refractivity (Wildman–Crippen MR) is 71.1 cm³/mol. The van der Waals surface area contributed by atoms with E-state index >= 15 is 0 Å². The molecule has 0 bridgehead atoms. The number of hydrogen-bond acceptors (Lipinski definition) is 0. The average Bonchev–Trinajstić information content (AvgIpc) is 2.21. The lowest BCUT2D eigenvalue weighted by molar-refractivity contribution is 0.298. The Hall–Kier alpha value is 0. The van der Waals surface area contributed by atoms with Gasteiger partial charge >= 0.3 is 0 Å². The van der Waals surface area contributed by atoms with Crippen molar-refractivity contribution in [2.24, 2.45) is 23.7 Å². The summed E-state index contributed by atoms with van der Waals surface area (Å²) in [5.41, 5.74) is 0. The Morgan fingerprint density at radius 3 is 1.53 bits per heavy atom. The summed E-state index contributed by atoms with van der Waals surface area (Å²) in [5.74, 6) is 3.62. The maximum Gasteiger partial charge on any atom is -0.0417 e. The Kier molecular flexibility index (Phi) is 8.19. The van der Waals surface area contributed by atoms with Gasteiger partial charge in [0.15, 0.2) is 0 Å². The summed E-state index contributed by atoms with van der Waals surface area (Å²) in [6.07, 6.45) is 7.00. The first kappa shape index (κ1) is 15.0. The highest BCUT2D eigenvalue weighted by atomic mass is 14.2. The van der Waals surface area contributed by atoms with E-state index in [9.17, 15) is 0 Å². The summed E-state index contributed by atoms with van der Waals surface area (Å²) in [6, 6.07) is 0. The molecule has 0 heterocycles. The van der Waals surface area contributed by atoms with Crippen molar-refractivity contribution in [1.82, 2.24) is 0 Å². The van der Waals surface area contributed by atoms with Gasteiger partial charge in [0.25, 0.3) is 0 Å². The van der Waals surface area contributed by atoms with Crippen molar-refractivity contribution < 1.29 is 0 Å². The second-order valence-corrected chi connectivity index (χ2v) is 6.02. The van der Waals surface area contributed by atoms with Gasteiger partial charge in [-0.25, -0.2) is 0 Å². The molecule has 0 aromatic carbocycles. The highest BCUT2D eigenvalue weighted by molar-refractivity contribution is 4.65. The van der Waals surface area contributed by atoms with Crippen LogP contribution in [0.4, 0.5) is 0 Å². The maximum absolute atomic E-state index is 2.44. The Balaban J connectivity index is 3.64. The molecule has 0 radical (unpaired) electrons. The number of hydrogen-bond donors (Lipinski definition) is 0. The van der Waals surface area contributed by atoms with Crippen LogP contribution in [-0.4, -0.2) is 0 Å². The van der Waals surface area contributed by atoms with E-state index in [0.717, 1.165) is 23.7 Å². The van der Waals surface area contributed by atoms with E-state index in [4.69, 9.17) is 0 Å². The predicted octanol–water partition coefficient (Wildman–Crippen LogP) is 5.52. The molecule has 0 N–H and O–H groups in total. The maximum atomic E-state index is 2.44. The SMILES string of the molecule is CCC(C)CCC(C)C(C)CCC(C)C. The van der Waals surface area contributed by atoms with Crippen LogP contribution in [0.1, 0.15) is 73.6 Å². The minimum Gasteiger partial charge on any atom is -0.0651 e. The first-order valence-electron chi connectivity index (χ1n) is 6.97. The molecular formula is C15H32. The normalized spacial score (nSPS) is 17.8. The average molecular weight is 212 g/mol. The van der Waals surface area contributed by atoms with E-state index in [0.29, 0.717) is 0 Å². The zero-order valence-corrected chi connectivity index (χ0v) is 11.8. The molecule has 15 heavy (non-hydrogen) atoms. The molecule has 92 valence electrons. The van der Waals surface area contributed by atoms with Crippen LogP contribution in [0.25, 0.3) is 0 Å². The van der Waals surface area contributed by atoms with Gasteiger partial charge in [-0.1, -0.05) is 73.6 Å². The van der Waals surface area contributed by atoms with E-state index < -0.39 is 0 Å². The molecule has 0 saturated carbocycles. The van der Waals surface area contributed by atoms with Gasteiger partial charge < -0.3 is 0 Å². The highest BCUT2D eigenvalue weighted by Crippen LogP contribution is 2.25. The molecule has 0 fully saturated rings. The van der Waals surface area contributed by atoms with Crippen LogP contribution in [-0.2, 0) is 0 Å². The quantitative estimate of drug-likeness (QED) is 0.497. The van der Waals surface area contributed by atoms with E-state index in [1.165, 1.54) is 32.1 Å². The molecule has 0 amide bonds. The molecule has 0 spiro atoms. The third-order valence-corrected chi connectivity index (χ3v) is 3.98. The third-order valence-electron chi connectivity index (χ3n) is 3.98. The van der Waals surface area contributed by atoms with Crippen molar-refractivity contribution in [2.75, 3.05) is 0 Å². The zero-order chi connectivity index (χ0) is 11.8. The molecule has 0 aromatic heterocycles. The second kappa shape index (κ2) is 8.19. The standard InChI is InChI=1S/C15H32/c1-7-13(4)9-11-15(6)14(5)10-8-12(2)3/h12-15H,7-11H2,1-6H3. The Morgan fingerprint density at radius 2 is 1.13 bits per heavy atom. The summed E-state index contributed by atoms with van der Waals surface area (Å²) in [7, 11) is 0. The zero-order valence-electron chi connectivity index (χ0n) is 11.8. The van der Waals surface area contributed by atoms with Crippen LogP contribution in [0.3, 0.4) is 0 Å². The van der Waals surface area contributed by atoms with Crippen LogP contribution in [0.15, 0.2) is 0 Å². The molecular weight excluding hydrogens is 180 g/mol. The topological polar surface area (TPSA) is 0 Å². The van der Waals surface area contributed by atoms with Gasteiger partial charge in [0.05, 0.1) is 0 Å². The van der Waals surface area contributed by atoms with Gasteiger partial charge in [0.1, 0.15) is 0 Å². The summed E-state index contributed by atoms with van der Waals surface area (Å²) < 4.78 is 0. The van der Waals surface area contributed by atoms with Crippen LogP contribution in [0.2, 0.25) is 0 Å². The Bertz CT molecular complexity index is 137. The monoisotopic (exact) mass is 212 g/mol. The molecule has 0 aliphatic heterocycles. The van der Waals surface area contributed by atoms with Gasteiger partial charge in [-0.15, -0.1) is 0 Å². The van der Waals surface area contributed by atoms with Crippen LogP contribution in [0.5, 0.6) is 0 Å². The lowest BCUT2D eigenvalue weighted by Gasteiger charge is -2.22. The summed E-state index contributed by atoms with van der Waals surface area (Å²) in [5, 5.41) is 0. The van der Waals surface area contributed by atoms with Crippen molar-refractivity contribution in [1.29, 1.82) is 0 Å². The Morgan fingerprint density at radius 1 is 0.667 bits per heavy atom. The van der Waals surface area contributed by atoms with Gasteiger partial charge in [0.2, 0.25) is 0 Å². The molecule has 0 aromatic rings.